The Labute approximate surface area is 148 Å². The van der Waals surface area contributed by atoms with Crippen LogP contribution in [0.3, 0.4) is 0 Å². The van der Waals surface area contributed by atoms with Crippen molar-refractivity contribution in [1.29, 1.82) is 0 Å². The molecule has 0 aliphatic carbocycles. The maximum atomic E-state index is 12.8. The molecule has 8 heteroatoms. The van der Waals surface area contributed by atoms with E-state index >= 15 is 0 Å². The number of thioether (sulfide) groups is 1. The van der Waals surface area contributed by atoms with Crippen LogP contribution in [0.5, 0.6) is 0 Å². The first-order valence-corrected chi connectivity index (χ1v) is 8.78. The molecule has 1 aliphatic rings. The number of pyridine rings is 1. The summed E-state index contributed by atoms with van der Waals surface area (Å²) in [5.41, 5.74) is 1.83. The molecular formula is C17H18N4O3S. The molecule has 0 fully saturated rings. The van der Waals surface area contributed by atoms with E-state index in [0.717, 1.165) is 11.3 Å². The monoisotopic (exact) mass is 358 g/mol. The summed E-state index contributed by atoms with van der Waals surface area (Å²) in [4.78, 5) is 36.5. The average molecular weight is 358 g/mol. The highest BCUT2D eigenvalue weighted by molar-refractivity contribution is 7.99. The van der Waals surface area contributed by atoms with E-state index in [-0.39, 0.29) is 5.56 Å². The number of fused-ring (bicyclic) bond motifs is 1. The highest BCUT2D eigenvalue weighted by Crippen LogP contribution is 2.39. The Kier molecular flexibility index (Phi) is 4.89. The van der Waals surface area contributed by atoms with Crippen molar-refractivity contribution < 1.29 is 9.53 Å². The number of H-pyrrole nitrogens is 1. The summed E-state index contributed by atoms with van der Waals surface area (Å²) in [6.07, 6.45) is 3.29. The highest BCUT2D eigenvalue weighted by Gasteiger charge is 2.36. The summed E-state index contributed by atoms with van der Waals surface area (Å²) >= 11 is 1.45. The van der Waals surface area contributed by atoms with Crippen LogP contribution in [0.25, 0.3) is 0 Å². The number of aromatic nitrogens is 3. The lowest BCUT2D eigenvalue weighted by Crippen LogP contribution is -2.31. The molecule has 0 saturated carbocycles. The molecule has 2 aromatic heterocycles. The van der Waals surface area contributed by atoms with Crippen molar-refractivity contribution >= 4 is 23.5 Å². The second kappa shape index (κ2) is 7.10. The zero-order valence-electron chi connectivity index (χ0n) is 14.1. The van der Waals surface area contributed by atoms with Gasteiger partial charge >= 0.3 is 5.97 Å². The van der Waals surface area contributed by atoms with Gasteiger partial charge in [0, 0.05) is 18.1 Å². The second-order valence-corrected chi connectivity index (χ2v) is 6.69. The molecule has 2 aromatic rings. The van der Waals surface area contributed by atoms with Crippen LogP contribution >= 0.6 is 11.8 Å². The number of nitrogens with one attached hydrogen (secondary N) is 2. The van der Waals surface area contributed by atoms with Gasteiger partial charge in [-0.15, -0.1) is 0 Å². The van der Waals surface area contributed by atoms with Crippen LogP contribution in [-0.2, 0) is 9.53 Å². The quantitative estimate of drug-likeness (QED) is 0.492. The Hall–Kier alpha value is -2.61. The summed E-state index contributed by atoms with van der Waals surface area (Å²) in [6, 6.07) is 3.60. The van der Waals surface area contributed by atoms with Crippen LogP contribution in [0.15, 0.2) is 45.7 Å². The molecule has 130 valence electrons. The predicted molar refractivity (Wildman–Crippen MR) is 95.7 cm³/mol. The summed E-state index contributed by atoms with van der Waals surface area (Å²) in [7, 11) is 1.32. The van der Waals surface area contributed by atoms with Crippen LogP contribution in [0.2, 0.25) is 0 Å². The van der Waals surface area contributed by atoms with Gasteiger partial charge in [0.05, 0.1) is 24.2 Å². The van der Waals surface area contributed by atoms with Crippen molar-refractivity contribution in [1.82, 2.24) is 15.0 Å². The van der Waals surface area contributed by atoms with Gasteiger partial charge in [0.15, 0.2) is 5.16 Å². The number of hydrogen-bond donors (Lipinski definition) is 2. The number of esters is 1. The van der Waals surface area contributed by atoms with Gasteiger partial charge in [-0.1, -0.05) is 24.8 Å². The van der Waals surface area contributed by atoms with E-state index in [2.05, 4.69) is 20.3 Å². The summed E-state index contributed by atoms with van der Waals surface area (Å²) in [5, 5.41) is 3.62. The van der Waals surface area contributed by atoms with Crippen LogP contribution in [0.1, 0.15) is 30.9 Å². The number of methoxy groups -OCH3 is 1. The van der Waals surface area contributed by atoms with Crippen molar-refractivity contribution in [3.05, 3.63) is 57.3 Å². The Morgan fingerprint density at radius 1 is 1.44 bits per heavy atom. The van der Waals surface area contributed by atoms with E-state index in [1.807, 2.05) is 13.0 Å². The number of anilines is 1. The first-order chi connectivity index (χ1) is 12.1. The number of carbonyl (C=O) groups is 1. The highest BCUT2D eigenvalue weighted by atomic mass is 32.2. The van der Waals surface area contributed by atoms with Crippen molar-refractivity contribution in [2.75, 3.05) is 18.2 Å². The third-order valence-corrected chi connectivity index (χ3v) is 4.68. The minimum atomic E-state index is -0.589. The van der Waals surface area contributed by atoms with Gasteiger partial charge in [0.1, 0.15) is 5.82 Å². The fourth-order valence-corrected chi connectivity index (χ4v) is 3.49. The van der Waals surface area contributed by atoms with Gasteiger partial charge in [-0.2, -0.15) is 0 Å². The minimum absolute atomic E-state index is 0.281. The Morgan fingerprint density at radius 2 is 2.24 bits per heavy atom. The van der Waals surface area contributed by atoms with E-state index in [0.29, 0.717) is 27.8 Å². The van der Waals surface area contributed by atoms with Gasteiger partial charge in [-0.3, -0.25) is 9.78 Å². The summed E-state index contributed by atoms with van der Waals surface area (Å²) in [6.45, 7) is 3.75. The van der Waals surface area contributed by atoms with Crippen molar-refractivity contribution in [3.8, 4) is 0 Å². The fourth-order valence-electron chi connectivity index (χ4n) is 2.90. The molecule has 1 aliphatic heterocycles. The largest absolute Gasteiger partial charge is 0.466 e. The van der Waals surface area contributed by atoms with E-state index in [1.54, 1.807) is 25.4 Å². The molecule has 1 atom stereocenters. The number of ether oxygens (including phenoxy) is 1. The molecule has 0 bridgehead atoms. The first kappa shape index (κ1) is 17.2. The van der Waals surface area contributed by atoms with Gasteiger partial charge in [0.2, 0.25) is 0 Å². The smallest absolute Gasteiger partial charge is 0.336 e. The molecule has 0 saturated heterocycles. The molecule has 0 radical (unpaired) electrons. The molecule has 0 unspecified atom stereocenters. The second-order valence-electron chi connectivity index (χ2n) is 5.44. The summed E-state index contributed by atoms with van der Waals surface area (Å²) < 4.78 is 4.94. The Balaban J connectivity index is 2.25. The zero-order chi connectivity index (χ0) is 18.0. The number of allylic oxidation sites excluding steroid dienone is 1. The lowest BCUT2D eigenvalue weighted by molar-refractivity contribution is -0.136. The van der Waals surface area contributed by atoms with Gasteiger partial charge in [-0.05, 0) is 24.3 Å². The topological polar surface area (TPSA) is 97.0 Å². The minimum Gasteiger partial charge on any atom is -0.466 e. The maximum Gasteiger partial charge on any atom is 0.336 e. The van der Waals surface area contributed by atoms with E-state index < -0.39 is 11.9 Å². The Bertz CT molecular complexity index is 893. The number of nitrogens with zero attached hydrogens (tertiary/aromatic N) is 2. The number of carbonyl (C=O) groups excluding carboxylic acids is 1. The molecule has 0 amide bonds. The number of rotatable bonds is 4. The third-order valence-electron chi connectivity index (χ3n) is 3.92. The van der Waals surface area contributed by atoms with Gasteiger partial charge in [0.25, 0.3) is 5.56 Å². The lowest BCUT2D eigenvalue weighted by Gasteiger charge is -2.28. The normalized spacial score (nSPS) is 16.2. The number of aromatic amines is 1. The van der Waals surface area contributed by atoms with Crippen molar-refractivity contribution in [2.45, 2.75) is 24.9 Å². The van der Waals surface area contributed by atoms with Gasteiger partial charge in [-0.25, -0.2) is 9.78 Å². The van der Waals surface area contributed by atoms with Crippen LogP contribution < -0.4 is 10.9 Å². The molecule has 3 rings (SSSR count). The zero-order valence-corrected chi connectivity index (χ0v) is 14.9. The molecular weight excluding hydrogens is 340 g/mol. The van der Waals surface area contributed by atoms with Gasteiger partial charge < -0.3 is 15.0 Å². The standard InChI is InChI=1S/C17H18N4O3S/c1-4-25-17-20-14-13(15(22)21-17)12(10-6-5-7-18-8-10)11(9(2)19-14)16(23)24-3/h5-8,12H,4H2,1-3H3,(H2,19,20,21,22)/t12-/m0/s1. The van der Waals surface area contributed by atoms with Crippen molar-refractivity contribution in [2.24, 2.45) is 0 Å². The predicted octanol–water partition coefficient (Wildman–Crippen LogP) is 2.28. The summed E-state index contributed by atoms with van der Waals surface area (Å²) in [5.74, 6) is 0.166. The molecule has 7 nitrogen and oxygen atoms in total. The lowest BCUT2D eigenvalue weighted by atomic mass is 9.83. The maximum absolute atomic E-state index is 12.8. The molecule has 0 spiro atoms. The van der Waals surface area contributed by atoms with Crippen LogP contribution in [0.4, 0.5) is 5.82 Å². The van der Waals surface area contributed by atoms with Crippen LogP contribution in [0, 0.1) is 0 Å². The average Bonchev–Trinajstić information content (AvgIpc) is 2.61. The molecule has 3 heterocycles. The molecule has 25 heavy (non-hydrogen) atoms. The van der Waals surface area contributed by atoms with Crippen LogP contribution in [-0.4, -0.2) is 33.8 Å². The van der Waals surface area contributed by atoms with E-state index in [4.69, 9.17) is 4.74 Å². The van der Waals surface area contributed by atoms with E-state index in [9.17, 15) is 9.59 Å². The first-order valence-electron chi connectivity index (χ1n) is 7.79. The SMILES string of the molecule is CCSc1nc2c(c(=O)[nH]1)[C@@H](c1cccnc1)C(C(=O)OC)=C(C)N2. The molecule has 0 aromatic carbocycles. The third kappa shape index (κ3) is 3.17. The van der Waals surface area contributed by atoms with Crippen molar-refractivity contribution in [3.63, 3.8) is 0 Å². The Morgan fingerprint density at radius 3 is 2.88 bits per heavy atom. The number of hydrogen-bond acceptors (Lipinski definition) is 7. The molecule has 2 N–H and O–H groups in total. The van der Waals surface area contributed by atoms with E-state index in [1.165, 1.54) is 18.9 Å². The fraction of sp³-hybridized carbons (Fsp3) is 0.294.